The zero-order valence-electron chi connectivity index (χ0n) is 13.2. The van der Waals surface area contributed by atoms with Crippen LogP contribution in [0.5, 0.6) is 0 Å². The van der Waals surface area contributed by atoms with Crippen LogP contribution in [0.25, 0.3) is 0 Å². The van der Waals surface area contributed by atoms with E-state index in [1.807, 2.05) is 7.05 Å². The molecule has 1 aromatic carbocycles. The molecule has 1 nitrogen and oxygen atoms in total. The van der Waals surface area contributed by atoms with Crippen molar-refractivity contribution in [2.75, 3.05) is 13.6 Å². The number of hydrogen-bond donors (Lipinski definition) is 1. The van der Waals surface area contributed by atoms with Crippen molar-refractivity contribution in [1.82, 2.24) is 5.32 Å². The van der Waals surface area contributed by atoms with Crippen molar-refractivity contribution in [3.05, 3.63) is 35.4 Å². The summed E-state index contributed by atoms with van der Waals surface area (Å²) in [6.07, 6.45) is 6.92. The molecular formula is C18H27F2N. The van der Waals surface area contributed by atoms with Crippen LogP contribution in [0.1, 0.15) is 44.6 Å². The molecule has 1 saturated carbocycles. The maximum absolute atomic E-state index is 13.9. The van der Waals surface area contributed by atoms with Crippen molar-refractivity contribution in [3.8, 4) is 0 Å². The monoisotopic (exact) mass is 295 g/mol. The zero-order valence-corrected chi connectivity index (χ0v) is 13.2. The molecular weight excluding hydrogens is 268 g/mol. The largest absolute Gasteiger partial charge is 0.319 e. The molecule has 3 heteroatoms. The number of nitrogens with one attached hydrogen (secondary N) is 1. The molecule has 0 spiro atoms. The van der Waals surface area contributed by atoms with E-state index in [9.17, 15) is 8.78 Å². The SMILES string of the molecule is CCCC1CCC(CNC)C(Cc2ccc(F)cc2F)C1. The smallest absolute Gasteiger partial charge is 0.129 e. The summed E-state index contributed by atoms with van der Waals surface area (Å²) < 4.78 is 26.9. The fourth-order valence-electron chi connectivity index (χ4n) is 3.84. The Morgan fingerprint density at radius 3 is 2.67 bits per heavy atom. The molecule has 1 fully saturated rings. The molecule has 0 bridgehead atoms. The van der Waals surface area contributed by atoms with E-state index in [1.165, 1.54) is 38.2 Å². The Morgan fingerprint density at radius 1 is 1.19 bits per heavy atom. The zero-order chi connectivity index (χ0) is 15.2. The summed E-state index contributed by atoms with van der Waals surface area (Å²) in [6.45, 7) is 3.22. The molecule has 1 aliphatic carbocycles. The lowest BCUT2D eigenvalue weighted by Gasteiger charge is -2.36. The van der Waals surface area contributed by atoms with E-state index in [0.29, 0.717) is 17.4 Å². The average Bonchev–Trinajstić information content (AvgIpc) is 2.45. The van der Waals surface area contributed by atoms with Gasteiger partial charge in [-0.1, -0.05) is 32.3 Å². The number of halogens is 2. The summed E-state index contributed by atoms with van der Waals surface area (Å²) in [7, 11) is 1.98. The van der Waals surface area contributed by atoms with Crippen molar-refractivity contribution in [1.29, 1.82) is 0 Å². The first-order chi connectivity index (χ1) is 10.1. The minimum absolute atomic E-state index is 0.393. The Balaban J connectivity index is 2.07. The first kappa shape index (κ1) is 16.4. The first-order valence-electron chi connectivity index (χ1n) is 8.22. The molecule has 3 unspecified atom stereocenters. The van der Waals surface area contributed by atoms with Gasteiger partial charge in [0.05, 0.1) is 0 Å². The van der Waals surface area contributed by atoms with Crippen LogP contribution in [0.3, 0.4) is 0 Å². The fraction of sp³-hybridized carbons (Fsp3) is 0.667. The van der Waals surface area contributed by atoms with Gasteiger partial charge in [0.1, 0.15) is 11.6 Å². The quantitative estimate of drug-likeness (QED) is 0.811. The third-order valence-corrected chi connectivity index (χ3v) is 4.91. The van der Waals surface area contributed by atoms with Gasteiger partial charge in [0.15, 0.2) is 0 Å². The van der Waals surface area contributed by atoms with Gasteiger partial charge in [-0.05, 0) is 62.2 Å². The van der Waals surface area contributed by atoms with Gasteiger partial charge in [-0.15, -0.1) is 0 Å². The van der Waals surface area contributed by atoms with Crippen LogP contribution in [-0.2, 0) is 6.42 Å². The normalized spacial score (nSPS) is 26.0. The molecule has 118 valence electrons. The summed E-state index contributed by atoms with van der Waals surface area (Å²) >= 11 is 0. The van der Waals surface area contributed by atoms with Crippen LogP contribution in [0.4, 0.5) is 8.78 Å². The minimum atomic E-state index is -0.490. The molecule has 1 aliphatic rings. The molecule has 3 atom stereocenters. The van der Waals surface area contributed by atoms with Crippen LogP contribution in [0.15, 0.2) is 18.2 Å². The summed E-state index contributed by atoms with van der Waals surface area (Å²) in [5, 5.41) is 3.27. The molecule has 0 saturated heterocycles. The summed E-state index contributed by atoms with van der Waals surface area (Å²) in [5.41, 5.74) is 0.666. The van der Waals surface area contributed by atoms with Gasteiger partial charge in [-0.2, -0.15) is 0 Å². The van der Waals surface area contributed by atoms with E-state index in [1.54, 1.807) is 6.07 Å². The third-order valence-electron chi connectivity index (χ3n) is 4.91. The molecule has 2 rings (SSSR count). The molecule has 0 radical (unpaired) electrons. The Labute approximate surface area is 127 Å². The first-order valence-corrected chi connectivity index (χ1v) is 8.22. The van der Waals surface area contributed by atoms with E-state index in [4.69, 9.17) is 0 Å². The fourth-order valence-corrected chi connectivity index (χ4v) is 3.84. The summed E-state index contributed by atoms with van der Waals surface area (Å²) in [6, 6.07) is 4.00. The van der Waals surface area contributed by atoms with Gasteiger partial charge in [0.25, 0.3) is 0 Å². The minimum Gasteiger partial charge on any atom is -0.319 e. The second-order valence-electron chi connectivity index (χ2n) is 6.49. The molecule has 0 aromatic heterocycles. The predicted molar refractivity (Wildman–Crippen MR) is 83.2 cm³/mol. The Kier molecular flexibility index (Phi) is 6.16. The van der Waals surface area contributed by atoms with Crippen LogP contribution in [0.2, 0.25) is 0 Å². The molecule has 0 amide bonds. The highest BCUT2D eigenvalue weighted by Crippen LogP contribution is 2.38. The Morgan fingerprint density at radius 2 is 2.00 bits per heavy atom. The van der Waals surface area contributed by atoms with Crippen molar-refractivity contribution >= 4 is 0 Å². The highest BCUT2D eigenvalue weighted by molar-refractivity contribution is 5.19. The van der Waals surface area contributed by atoms with Gasteiger partial charge in [0.2, 0.25) is 0 Å². The molecule has 1 N–H and O–H groups in total. The Hall–Kier alpha value is -0.960. The second-order valence-corrected chi connectivity index (χ2v) is 6.49. The van der Waals surface area contributed by atoms with Crippen LogP contribution >= 0.6 is 0 Å². The van der Waals surface area contributed by atoms with E-state index in [0.717, 1.165) is 24.9 Å². The van der Waals surface area contributed by atoms with Gasteiger partial charge < -0.3 is 5.32 Å². The van der Waals surface area contributed by atoms with Crippen LogP contribution < -0.4 is 5.32 Å². The second kappa shape index (κ2) is 7.88. The standard InChI is InChI=1S/C18H27F2N/c1-3-4-13-5-6-15(12-21-2)16(9-13)10-14-7-8-17(19)11-18(14)20/h7-8,11,13,15-16,21H,3-6,9-10,12H2,1-2H3. The van der Waals surface area contributed by atoms with Crippen molar-refractivity contribution in [3.63, 3.8) is 0 Å². The Bertz CT molecular complexity index is 447. The molecule has 0 heterocycles. The topological polar surface area (TPSA) is 12.0 Å². The maximum atomic E-state index is 13.9. The van der Waals surface area contributed by atoms with Crippen LogP contribution in [0, 0.1) is 29.4 Å². The highest BCUT2D eigenvalue weighted by atomic mass is 19.1. The van der Waals surface area contributed by atoms with Crippen LogP contribution in [-0.4, -0.2) is 13.6 Å². The third kappa shape index (κ3) is 4.50. The van der Waals surface area contributed by atoms with Crippen molar-refractivity contribution in [2.24, 2.45) is 17.8 Å². The lowest BCUT2D eigenvalue weighted by atomic mass is 9.70. The highest BCUT2D eigenvalue weighted by Gasteiger charge is 2.30. The van der Waals surface area contributed by atoms with Crippen molar-refractivity contribution < 1.29 is 8.78 Å². The van der Waals surface area contributed by atoms with Crippen molar-refractivity contribution in [2.45, 2.75) is 45.4 Å². The van der Waals surface area contributed by atoms with Gasteiger partial charge in [-0.25, -0.2) is 8.78 Å². The summed E-state index contributed by atoms with van der Waals surface area (Å²) in [4.78, 5) is 0. The lowest BCUT2D eigenvalue weighted by molar-refractivity contribution is 0.168. The number of benzene rings is 1. The maximum Gasteiger partial charge on any atom is 0.129 e. The van der Waals surface area contributed by atoms with Gasteiger partial charge in [-0.3, -0.25) is 0 Å². The van der Waals surface area contributed by atoms with E-state index < -0.39 is 11.6 Å². The summed E-state index contributed by atoms with van der Waals surface area (Å²) in [5.74, 6) is 0.998. The predicted octanol–water partition coefficient (Wildman–Crippen LogP) is 4.56. The van der Waals surface area contributed by atoms with E-state index in [2.05, 4.69) is 12.2 Å². The van der Waals surface area contributed by atoms with E-state index in [-0.39, 0.29) is 0 Å². The molecule has 21 heavy (non-hydrogen) atoms. The van der Waals surface area contributed by atoms with E-state index >= 15 is 0 Å². The lowest BCUT2D eigenvalue weighted by Crippen LogP contribution is -2.33. The molecule has 0 aliphatic heterocycles. The number of hydrogen-bond acceptors (Lipinski definition) is 1. The number of rotatable bonds is 6. The average molecular weight is 295 g/mol. The van der Waals surface area contributed by atoms with Gasteiger partial charge >= 0.3 is 0 Å². The molecule has 1 aromatic rings. The van der Waals surface area contributed by atoms with Gasteiger partial charge in [0, 0.05) is 6.07 Å².